The van der Waals surface area contributed by atoms with Crippen molar-refractivity contribution < 1.29 is 4.74 Å². The predicted molar refractivity (Wildman–Crippen MR) is 81.1 cm³/mol. The van der Waals surface area contributed by atoms with Crippen LogP contribution in [0.25, 0.3) is 0 Å². The minimum Gasteiger partial charge on any atom is -0.487 e. The maximum atomic E-state index is 5.94. The van der Waals surface area contributed by atoms with E-state index in [-0.39, 0.29) is 0 Å². The molecule has 0 atom stereocenters. The summed E-state index contributed by atoms with van der Waals surface area (Å²) in [6.07, 6.45) is 9.02. The number of nitrogens with one attached hydrogen (secondary N) is 1. The predicted octanol–water partition coefficient (Wildman–Crippen LogP) is 3.05. The van der Waals surface area contributed by atoms with Crippen LogP contribution in [0.2, 0.25) is 0 Å². The Hall–Kier alpha value is -1.81. The molecule has 0 spiro atoms. The van der Waals surface area contributed by atoms with Crippen molar-refractivity contribution in [1.82, 2.24) is 14.9 Å². The zero-order valence-corrected chi connectivity index (χ0v) is 12.2. The molecule has 0 amide bonds. The highest BCUT2D eigenvalue weighted by Gasteiger charge is 2.25. The second-order valence-electron chi connectivity index (χ2n) is 6.11. The highest BCUT2D eigenvalue weighted by molar-refractivity contribution is 5.28. The third-order valence-electron chi connectivity index (χ3n) is 4.14. The topological polar surface area (TPSA) is 39.1 Å². The molecule has 2 fully saturated rings. The number of hydrogen-bond acceptors (Lipinski definition) is 3. The molecule has 110 valence electrons. The third kappa shape index (κ3) is 3.27. The van der Waals surface area contributed by atoms with Crippen LogP contribution in [0.1, 0.15) is 43.0 Å². The molecule has 0 saturated heterocycles. The van der Waals surface area contributed by atoms with Gasteiger partial charge in [0, 0.05) is 18.6 Å². The van der Waals surface area contributed by atoms with Gasteiger partial charge in [-0.1, -0.05) is 12.1 Å². The van der Waals surface area contributed by atoms with E-state index in [4.69, 9.17) is 4.74 Å². The van der Waals surface area contributed by atoms with Crippen molar-refractivity contribution in [2.24, 2.45) is 0 Å². The van der Waals surface area contributed by atoms with Crippen molar-refractivity contribution in [3.63, 3.8) is 0 Å². The number of hydrogen-bond donors (Lipinski definition) is 1. The summed E-state index contributed by atoms with van der Waals surface area (Å²) in [6.45, 7) is 1.53. The second kappa shape index (κ2) is 5.53. The molecule has 1 aromatic heterocycles. The summed E-state index contributed by atoms with van der Waals surface area (Å²) in [7, 11) is 0. The Morgan fingerprint density at radius 1 is 1.24 bits per heavy atom. The molecule has 4 rings (SSSR count). The molecule has 21 heavy (non-hydrogen) atoms. The quantitative estimate of drug-likeness (QED) is 0.849. The summed E-state index contributed by atoms with van der Waals surface area (Å²) in [5, 5.41) is 3.53. The fourth-order valence-electron chi connectivity index (χ4n) is 2.58. The van der Waals surface area contributed by atoms with Crippen LogP contribution in [0.15, 0.2) is 36.8 Å². The molecule has 0 radical (unpaired) electrons. The van der Waals surface area contributed by atoms with Crippen molar-refractivity contribution in [3.05, 3.63) is 48.0 Å². The summed E-state index contributed by atoms with van der Waals surface area (Å²) >= 11 is 0. The Balaban J connectivity index is 1.37. The first-order valence-electron chi connectivity index (χ1n) is 7.84. The standard InChI is InChI=1S/C17H21N3O/c1-2-13(9-19-14-4-5-14)8-17(3-1)21-11-16-10-18-12-20(16)15-6-7-15/h1-3,8,10,12,14-15,19H,4-7,9,11H2. The summed E-state index contributed by atoms with van der Waals surface area (Å²) in [4.78, 5) is 4.24. The van der Waals surface area contributed by atoms with Crippen LogP contribution in [0, 0.1) is 0 Å². The molecule has 4 nitrogen and oxygen atoms in total. The minimum absolute atomic E-state index is 0.593. The van der Waals surface area contributed by atoms with Crippen LogP contribution in [0.4, 0.5) is 0 Å². The Kier molecular flexibility index (Phi) is 3.39. The Labute approximate surface area is 125 Å². The van der Waals surface area contributed by atoms with Crippen LogP contribution in [-0.4, -0.2) is 15.6 Å². The van der Waals surface area contributed by atoms with Crippen molar-refractivity contribution in [2.75, 3.05) is 0 Å². The molecule has 1 N–H and O–H groups in total. The lowest BCUT2D eigenvalue weighted by molar-refractivity contribution is 0.294. The van der Waals surface area contributed by atoms with Gasteiger partial charge in [0.15, 0.2) is 0 Å². The number of nitrogens with zero attached hydrogens (tertiary/aromatic N) is 2. The largest absolute Gasteiger partial charge is 0.487 e. The van der Waals surface area contributed by atoms with E-state index in [1.54, 1.807) is 0 Å². The number of rotatable bonds is 7. The van der Waals surface area contributed by atoms with Crippen molar-refractivity contribution in [2.45, 2.75) is 50.9 Å². The first-order chi connectivity index (χ1) is 10.4. The van der Waals surface area contributed by atoms with E-state index in [9.17, 15) is 0 Å². The van der Waals surface area contributed by atoms with E-state index in [2.05, 4.69) is 33.1 Å². The maximum Gasteiger partial charge on any atom is 0.130 e. The van der Waals surface area contributed by atoms with Gasteiger partial charge < -0.3 is 14.6 Å². The molecular formula is C17H21N3O. The normalized spacial score (nSPS) is 17.9. The van der Waals surface area contributed by atoms with E-state index in [0.717, 1.165) is 18.3 Å². The first-order valence-corrected chi connectivity index (χ1v) is 7.84. The molecule has 2 aliphatic rings. The molecular weight excluding hydrogens is 262 g/mol. The van der Waals surface area contributed by atoms with Gasteiger partial charge in [0.25, 0.3) is 0 Å². The highest BCUT2D eigenvalue weighted by Crippen LogP contribution is 2.35. The SMILES string of the molecule is c1cc(CNC2CC2)cc(OCc2cncn2C2CC2)c1. The smallest absolute Gasteiger partial charge is 0.130 e. The summed E-state index contributed by atoms with van der Waals surface area (Å²) in [6, 6.07) is 9.77. The second-order valence-corrected chi connectivity index (χ2v) is 6.11. The van der Waals surface area contributed by atoms with Gasteiger partial charge >= 0.3 is 0 Å². The van der Waals surface area contributed by atoms with Crippen LogP contribution in [0.3, 0.4) is 0 Å². The molecule has 0 aliphatic heterocycles. The van der Waals surface area contributed by atoms with Gasteiger partial charge in [0.1, 0.15) is 12.4 Å². The van der Waals surface area contributed by atoms with Gasteiger partial charge in [-0.3, -0.25) is 0 Å². The van der Waals surface area contributed by atoms with Crippen LogP contribution in [0.5, 0.6) is 5.75 Å². The molecule has 0 unspecified atom stereocenters. The lowest BCUT2D eigenvalue weighted by Crippen LogP contribution is -2.15. The monoisotopic (exact) mass is 283 g/mol. The van der Waals surface area contributed by atoms with E-state index in [1.807, 2.05) is 18.6 Å². The number of imidazole rings is 1. The molecule has 1 heterocycles. The van der Waals surface area contributed by atoms with Crippen molar-refractivity contribution >= 4 is 0 Å². The number of ether oxygens (including phenoxy) is 1. The Morgan fingerprint density at radius 2 is 2.14 bits per heavy atom. The Bertz CT molecular complexity index is 614. The van der Waals surface area contributed by atoms with Gasteiger partial charge in [-0.25, -0.2) is 4.98 Å². The fraction of sp³-hybridized carbons (Fsp3) is 0.471. The lowest BCUT2D eigenvalue weighted by atomic mass is 10.2. The van der Waals surface area contributed by atoms with Gasteiger partial charge in [-0.15, -0.1) is 0 Å². The summed E-state index contributed by atoms with van der Waals surface area (Å²) < 4.78 is 8.19. The average molecular weight is 283 g/mol. The van der Waals surface area contributed by atoms with Gasteiger partial charge in [0.05, 0.1) is 18.2 Å². The zero-order valence-electron chi connectivity index (χ0n) is 12.2. The maximum absolute atomic E-state index is 5.94. The van der Waals surface area contributed by atoms with Crippen molar-refractivity contribution in [1.29, 1.82) is 0 Å². The third-order valence-corrected chi connectivity index (χ3v) is 4.14. The molecule has 1 aromatic carbocycles. The summed E-state index contributed by atoms with van der Waals surface area (Å²) in [5.41, 5.74) is 2.45. The number of benzene rings is 1. The zero-order chi connectivity index (χ0) is 14.1. The average Bonchev–Trinajstić information content (AvgIpc) is 3.43. The van der Waals surface area contributed by atoms with E-state index in [1.165, 1.54) is 36.9 Å². The van der Waals surface area contributed by atoms with Crippen LogP contribution >= 0.6 is 0 Å². The van der Waals surface area contributed by atoms with Crippen LogP contribution < -0.4 is 10.1 Å². The van der Waals surface area contributed by atoms with Crippen LogP contribution in [-0.2, 0) is 13.2 Å². The molecule has 2 saturated carbocycles. The minimum atomic E-state index is 0.593. The van der Waals surface area contributed by atoms with E-state index < -0.39 is 0 Å². The fourth-order valence-corrected chi connectivity index (χ4v) is 2.58. The first kappa shape index (κ1) is 12.9. The lowest BCUT2D eigenvalue weighted by Gasteiger charge is -2.10. The number of aromatic nitrogens is 2. The molecule has 0 bridgehead atoms. The van der Waals surface area contributed by atoms with Gasteiger partial charge in [-0.05, 0) is 43.4 Å². The van der Waals surface area contributed by atoms with E-state index in [0.29, 0.717) is 12.6 Å². The summed E-state index contributed by atoms with van der Waals surface area (Å²) in [5.74, 6) is 0.939. The molecule has 2 aliphatic carbocycles. The van der Waals surface area contributed by atoms with Crippen molar-refractivity contribution in [3.8, 4) is 5.75 Å². The van der Waals surface area contributed by atoms with Gasteiger partial charge in [-0.2, -0.15) is 0 Å². The molecule has 2 aromatic rings. The van der Waals surface area contributed by atoms with E-state index >= 15 is 0 Å². The van der Waals surface area contributed by atoms with Gasteiger partial charge in [0.2, 0.25) is 0 Å². The molecule has 4 heteroatoms. The Morgan fingerprint density at radius 3 is 2.95 bits per heavy atom. The highest BCUT2D eigenvalue weighted by atomic mass is 16.5.